The van der Waals surface area contributed by atoms with Gasteiger partial charge in [0.2, 0.25) is 0 Å². The van der Waals surface area contributed by atoms with Gasteiger partial charge in [-0.25, -0.2) is 4.39 Å². The molecule has 3 rings (SSSR count). The van der Waals surface area contributed by atoms with Gasteiger partial charge in [0, 0.05) is 18.1 Å². The summed E-state index contributed by atoms with van der Waals surface area (Å²) in [6, 6.07) is 12.9. The van der Waals surface area contributed by atoms with E-state index >= 15 is 0 Å². The molecule has 144 valence electrons. The maximum atomic E-state index is 13.5. The average Bonchev–Trinajstić information content (AvgIpc) is 2.68. The van der Waals surface area contributed by atoms with Crippen molar-refractivity contribution in [1.82, 2.24) is 5.32 Å². The van der Waals surface area contributed by atoms with E-state index in [1.165, 1.54) is 30.0 Å². The number of hydrogen-bond donors (Lipinski definition) is 1. The SMILES string of the molecule is C[C@H](Oc1ccc2c(c1)CCCC2)C(=O)NCCSCc1ccccc1F. The molecule has 1 N–H and O–H groups in total. The van der Waals surface area contributed by atoms with E-state index in [4.69, 9.17) is 4.74 Å². The molecule has 0 radical (unpaired) electrons. The number of carbonyl (C=O) groups is 1. The monoisotopic (exact) mass is 387 g/mol. The quantitative estimate of drug-likeness (QED) is 0.677. The van der Waals surface area contributed by atoms with Gasteiger partial charge in [-0.1, -0.05) is 24.3 Å². The third kappa shape index (κ3) is 5.73. The second kappa shape index (κ2) is 9.79. The number of ether oxygens (including phenoxy) is 1. The number of carbonyl (C=O) groups excluding carboxylic acids is 1. The molecule has 0 spiro atoms. The van der Waals surface area contributed by atoms with E-state index < -0.39 is 6.10 Å². The third-order valence-electron chi connectivity index (χ3n) is 4.76. The van der Waals surface area contributed by atoms with Crippen LogP contribution in [0.5, 0.6) is 5.75 Å². The molecule has 0 saturated heterocycles. The van der Waals surface area contributed by atoms with Crippen molar-refractivity contribution in [2.75, 3.05) is 12.3 Å². The van der Waals surface area contributed by atoms with E-state index in [1.54, 1.807) is 30.8 Å². The lowest BCUT2D eigenvalue weighted by Gasteiger charge is -2.19. The van der Waals surface area contributed by atoms with Crippen LogP contribution in [0.4, 0.5) is 4.39 Å². The van der Waals surface area contributed by atoms with Gasteiger partial charge < -0.3 is 10.1 Å². The number of thioether (sulfide) groups is 1. The number of fused-ring (bicyclic) bond motifs is 1. The normalized spacial score (nSPS) is 14.3. The molecule has 0 heterocycles. The molecule has 0 unspecified atom stereocenters. The third-order valence-corrected chi connectivity index (χ3v) is 5.77. The molecule has 27 heavy (non-hydrogen) atoms. The zero-order valence-electron chi connectivity index (χ0n) is 15.7. The Bertz CT molecular complexity index is 781. The Morgan fingerprint density at radius 3 is 2.78 bits per heavy atom. The molecular weight excluding hydrogens is 361 g/mol. The topological polar surface area (TPSA) is 38.3 Å². The first kappa shape index (κ1) is 19.7. The molecule has 0 aliphatic heterocycles. The van der Waals surface area contributed by atoms with E-state index in [9.17, 15) is 9.18 Å². The van der Waals surface area contributed by atoms with Gasteiger partial charge in [-0.05, 0) is 67.5 Å². The van der Waals surface area contributed by atoms with Crippen LogP contribution in [0.2, 0.25) is 0 Å². The second-order valence-electron chi connectivity index (χ2n) is 6.83. The minimum absolute atomic E-state index is 0.126. The minimum Gasteiger partial charge on any atom is -0.481 e. The van der Waals surface area contributed by atoms with Crippen LogP contribution >= 0.6 is 11.8 Å². The molecule has 2 aromatic carbocycles. The summed E-state index contributed by atoms with van der Waals surface area (Å²) in [5.41, 5.74) is 3.44. The Balaban J connectivity index is 1.38. The van der Waals surface area contributed by atoms with E-state index in [-0.39, 0.29) is 11.7 Å². The molecule has 0 aromatic heterocycles. The van der Waals surface area contributed by atoms with E-state index in [0.29, 0.717) is 17.9 Å². The number of halogens is 1. The highest BCUT2D eigenvalue weighted by atomic mass is 32.2. The first-order valence-electron chi connectivity index (χ1n) is 9.51. The summed E-state index contributed by atoms with van der Waals surface area (Å²) in [5.74, 6) is 1.78. The van der Waals surface area contributed by atoms with Crippen LogP contribution in [-0.2, 0) is 23.4 Å². The molecule has 0 saturated carbocycles. The number of aryl methyl sites for hydroxylation is 2. The maximum absolute atomic E-state index is 13.5. The fourth-order valence-electron chi connectivity index (χ4n) is 3.23. The first-order valence-corrected chi connectivity index (χ1v) is 10.7. The van der Waals surface area contributed by atoms with Crippen LogP contribution in [-0.4, -0.2) is 24.3 Å². The minimum atomic E-state index is -0.539. The summed E-state index contributed by atoms with van der Waals surface area (Å²) in [5, 5.41) is 2.89. The van der Waals surface area contributed by atoms with Gasteiger partial charge in [-0.15, -0.1) is 0 Å². The highest BCUT2D eigenvalue weighted by molar-refractivity contribution is 7.98. The standard InChI is InChI=1S/C22H26FNO2S/c1-16(26-20-11-10-17-6-2-3-7-18(17)14-20)22(25)24-12-13-27-15-19-8-4-5-9-21(19)23/h4-5,8-11,14,16H,2-3,6-7,12-13,15H2,1H3,(H,24,25)/t16-/m0/s1. The number of amides is 1. The Morgan fingerprint density at radius 1 is 1.19 bits per heavy atom. The van der Waals surface area contributed by atoms with Crippen LogP contribution in [0.25, 0.3) is 0 Å². The summed E-state index contributed by atoms with van der Waals surface area (Å²) in [4.78, 5) is 12.2. The van der Waals surface area contributed by atoms with Crippen LogP contribution in [0.3, 0.4) is 0 Å². The lowest BCUT2D eigenvalue weighted by atomic mass is 9.92. The summed E-state index contributed by atoms with van der Waals surface area (Å²) in [7, 11) is 0. The van der Waals surface area contributed by atoms with Crippen molar-refractivity contribution < 1.29 is 13.9 Å². The summed E-state index contributed by atoms with van der Waals surface area (Å²) in [6.45, 7) is 2.30. The van der Waals surface area contributed by atoms with Crippen LogP contribution < -0.4 is 10.1 Å². The summed E-state index contributed by atoms with van der Waals surface area (Å²) < 4.78 is 19.4. The molecule has 0 fully saturated rings. The van der Waals surface area contributed by atoms with Gasteiger partial charge >= 0.3 is 0 Å². The lowest BCUT2D eigenvalue weighted by Crippen LogP contribution is -2.37. The molecule has 2 aromatic rings. The molecular formula is C22H26FNO2S. The van der Waals surface area contributed by atoms with Crippen molar-refractivity contribution in [3.05, 3.63) is 65.0 Å². The van der Waals surface area contributed by atoms with Gasteiger partial charge in [0.15, 0.2) is 6.10 Å². The second-order valence-corrected chi connectivity index (χ2v) is 7.94. The van der Waals surface area contributed by atoms with E-state index in [0.717, 1.165) is 24.3 Å². The van der Waals surface area contributed by atoms with Gasteiger partial charge in [-0.3, -0.25) is 4.79 Å². The molecule has 5 heteroatoms. The smallest absolute Gasteiger partial charge is 0.260 e. The van der Waals surface area contributed by atoms with Crippen LogP contribution in [0.15, 0.2) is 42.5 Å². The number of rotatable bonds is 8. The zero-order chi connectivity index (χ0) is 19.1. The highest BCUT2D eigenvalue weighted by Gasteiger charge is 2.16. The zero-order valence-corrected chi connectivity index (χ0v) is 16.5. The van der Waals surface area contributed by atoms with Gasteiger partial charge in [0.05, 0.1) is 0 Å². The average molecular weight is 388 g/mol. The summed E-state index contributed by atoms with van der Waals surface area (Å²) >= 11 is 1.60. The predicted molar refractivity (Wildman–Crippen MR) is 109 cm³/mol. The number of benzene rings is 2. The van der Waals surface area contributed by atoms with E-state index in [2.05, 4.69) is 17.4 Å². The van der Waals surface area contributed by atoms with Gasteiger partial charge in [0.1, 0.15) is 11.6 Å². The number of nitrogens with one attached hydrogen (secondary N) is 1. The van der Waals surface area contributed by atoms with Crippen molar-refractivity contribution in [2.45, 2.75) is 44.5 Å². The van der Waals surface area contributed by atoms with Gasteiger partial charge in [-0.2, -0.15) is 11.8 Å². The van der Waals surface area contributed by atoms with Crippen molar-refractivity contribution in [3.8, 4) is 5.75 Å². The first-order chi connectivity index (χ1) is 13.1. The van der Waals surface area contributed by atoms with Crippen molar-refractivity contribution in [3.63, 3.8) is 0 Å². The highest BCUT2D eigenvalue weighted by Crippen LogP contribution is 2.25. The van der Waals surface area contributed by atoms with Crippen LogP contribution in [0, 0.1) is 5.82 Å². The maximum Gasteiger partial charge on any atom is 0.260 e. The Hall–Kier alpha value is -2.01. The fourth-order valence-corrected chi connectivity index (χ4v) is 4.07. The fraction of sp³-hybridized carbons (Fsp3) is 0.409. The Labute approximate surface area is 164 Å². The van der Waals surface area contributed by atoms with Crippen LogP contribution in [0.1, 0.15) is 36.5 Å². The van der Waals surface area contributed by atoms with Gasteiger partial charge in [0.25, 0.3) is 5.91 Å². The Kier molecular flexibility index (Phi) is 7.16. The molecule has 1 atom stereocenters. The largest absolute Gasteiger partial charge is 0.481 e. The number of hydrogen-bond acceptors (Lipinski definition) is 3. The molecule has 1 amide bonds. The van der Waals surface area contributed by atoms with Crippen molar-refractivity contribution in [2.24, 2.45) is 0 Å². The molecule has 1 aliphatic carbocycles. The van der Waals surface area contributed by atoms with Crippen molar-refractivity contribution >= 4 is 17.7 Å². The lowest BCUT2D eigenvalue weighted by molar-refractivity contribution is -0.127. The Morgan fingerprint density at radius 2 is 1.96 bits per heavy atom. The molecule has 3 nitrogen and oxygen atoms in total. The van der Waals surface area contributed by atoms with E-state index in [1.807, 2.05) is 12.1 Å². The summed E-state index contributed by atoms with van der Waals surface area (Å²) in [6.07, 6.45) is 4.16. The molecule has 1 aliphatic rings. The predicted octanol–water partition coefficient (Wildman–Crippen LogP) is 4.52. The molecule has 0 bridgehead atoms. The van der Waals surface area contributed by atoms with Crippen molar-refractivity contribution in [1.29, 1.82) is 0 Å².